The molecule has 0 saturated heterocycles. The molecule has 38 heavy (non-hydrogen) atoms. The van der Waals surface area contributed by atoms with Gasteiger partial charge in [0.15, 0.2) is 11.5 Å². The molecule has 12 heteroatoms. The molecule has 0 fully saturated rings. The average molecular weight is 553 g/mol. The van der Waals surface area contributed by atoms with Crippen LogP contribution in [0.5, 0.6) is 0 Å². The highest BCUT2D eigenvalue weighted by atomic mass is 35.5. The molecule has 0 unspecified atom stereocenters. The Bertz CT molecular complexity index is 1690. The first kappa shape index (κ1) is 25.1. The van der Waals surface area contributed by atoms with Crippen LogP contribution < -0.4 is 16.0 Å². The number of halogens is 4. The Hall–Kier alpha value is -4.54. The molecule has 5 rings (SSSR count). The Morgan fingerprint density at radius 1 is 0.868 bits per heavy atom. The van der Waals surface area contributed by atoms with Crippen LogP contribution in [0.3, 0.4) is 0 Å². The lowest BCUT2D eigenvalue weighted by atomic mass is 10.1. The molecule has 2 heterocycles. The molecule has 0 aliphatic carbocycles. The van der Waals surface area contributed by atoms with Gasteiger partial charge in [0.05, 0.1) is 17.6 Å². The van der Waals surface area contributed by atoms with E-state index in [0.717, 1.165) is 12.1 Å². The maximum absolute atomic E-state index is 13.9. The number of fused-ring (bicyclic) bond motifs is 1. The standard InChI is InChI=1S/C26H16Cl2F2N6O2/c27-16-8-15(9-17(28)11-16)25(37)35-23-24-32-13-22(36(24)7-6-31-23)14-2-1-3-19(10-14)33-26(38)34-21-5-4-18(29)12-20(21)30/h1-13H,(H,31,35,37)(H2,33,34,38). The second-order valence-electron chi connectivity index (χ2n) is 8.01. The number of benzene rings is 3. The third-order valence-corrected chi connectivity index (χ3v) is 5.82. The van der Waals surface area contributed by atoms with Crippen molar-refractivity contribution in [3.63, 3.8) is 0 Å². The summed E-state index contributed by atoms with van der Waals surface area (Å²) in [6, 6.07) is 13.5. The van der Waals surface area contributed by atoms with Crippen molar-refractivity contribution in [2.75, 3.05) is 16.0 Å². The fraction of sp³-hybridized carbons (Fsp3) is 0. The molecule has 0 aliphatic heterocycles. The second kappa shape index (κ2) is 10.4. The third-order valence-electron chi connectivity index (χ3n) is 5.38. The average Bonchev–Trinajstić information content (AvgIpc) is 3.31. The number of hydrogen-bond donors (Lipinski definition) is 3. The predicted octanol–water partition coefficient (Wildman–Crippen LogP) is 6.88. The first-order valence-electron chi connectivity index (χ1n) is 11.0. The van der Waals surface area contributed by atoms with Crippen LogP contribution in [0.25, 0.3) is 16.9 Å². The lowest BCUT2D eigenvalue weighted by molar-refractivity contribution is 0.102. The number of anilines is 3. The van der Waals surface area contributed by atoms with Gasteiger partial charge in [-0.05, 0) is 42.5 Å². The largest absolute Gasteiger partial charge is 0.323 e. The summed E-state index contributed by atoms with van der Waals surface area (Å²) in [6.07, 6.45) is 4.77. The topological polar surface area (TPSA) is 100 Å². The zero-order valence-corrected chi connectivity index (χ0v) is 20.7. The summed E-state index contributed by atoms with van der Waals surface area (Å²) < 4.78 is 28.7. The fourth-order valence-corrected chi connectivity index (χ4v) is 4.24. The monoisotopic (exact) mass is 552 g/mol. The minimum absolute atomic E-state index is 0.163. The number of aromatic nitrogens is 3. The number of amides is 3. The van der Waals surface area contributed by atoms with Gasteiger partial charge in [-0.15, -0.1) is 0 Å². The zero-order valence-electron chi connectivity index (χ0n) is 19.2. The van der Waals surface area contributed by atoms with Crippen molar-refractivity contribution in [3.8, 4) is 11.3 Å². The van der Waals surface area contributed by atoms with Gasteiger partial charge in [-0.2, -0.15) is 0 Å². The Balaban J connectivity index is 1.37. The minimum atomic E-state index is -0.894. The molecule has 5 aromatic rings. The van der Waals surface area contributed by atoms with Crippen LogP contribution >= 0.6 is 23.2 Å². The number of rotatable bonds is 5. The van der Waals surface area contributed by atoms with Crippen LogP contribution in [0.2, 0.25) is 10.0 Å². The van der Waals surface area contributed by atoms with Crippen LogP contribution in [0, 0.1) is 11.6 Å². The molecule has 2 aromatic heterocycles. The van der Waals surface area contributed by atoms with Crippen molar-refractivity contribution in [1.82, 2.24) is 14.4 Å². The number of nitrogens with one attached hydrogen (secondary N) is 3. The van der Waals surface area contributed by atoms with Crippen molar-refractivity contribution < 1.29 is 18.4 Å². The summed E-state index contributed by atoms with van der Waals surface area (Å²) in [4.78, 5) is 33.8. The van der Waals surface area contributed by atoms with E-state index in [0.29, 0.717) is 38.7 Å². The summed E-state index contributed by atoms with van der Waals surface area (Å²) in [5.41, 5.74) is 2.23. The van der Waals surface area contributed by atoms with Crippen LogP contribution in [0.15, 0.2) is 79.3 Å². The summed E-state index contributed by atoms with van der Waals surface area (Å²) in [6.45, 7) is 0. The smallest absolute Gasteiger partial charge is 0.308 e. The molecule has 0 radical (unpaired) electrons. The first-order chi connectivity index (χ1) is 18.3. The van der Waals surface area contributed by atoms with Crippen LogP contribution in [-0.4, -0.2) is 26.3 Å². The van der Waals surface area contributed by atoms with Gasteiger partial charge in [-0.1, -0.05) is 35.3 Å². The lowest BCUT2D eigenvalue weighted by Crippen LogP contribution is -2.20. The summed E-state index contributed by atoms with van der Waals surface area (Å²) in [5.74, 6) is -1.89. The molecule has 0 saturated carbocycles. The SMILES string of the molecule is O=C(Nc1cccc(-c2cnc3c(NC(=O)c4cc(Cl)cc(Cl)c4)nccn23)c1)Nc1ccc(F)cc1F. The molecule has 8 nitrogen and oxygen atoms in total. The number of carbonyl (C=O) groups excluding carboxylic acids is 2. The second-order valence-corrected chi connectivity index (χ2v) is 8.88. The van der Waals surface area contributed by atoms with E-state index in [1.807, 2.05) is 0 Å². The van der Waals surface area contributed by atoms with Gasteiger partial charge in [-0.25, -0.2) is 23.5 Å². The molecule has 3 aromatic carbocycles. The summed E-state index contributed by atoms with van der Waals surface area (Å²) in [7, 11) is 0. The normalized spacial score (nSPS) is 10.8. The van der Waals surface area contributed by atoms with E-state index in [1.54, 1.807) is 41.1 Å². The fourth-order valence-electron chi connectivity index (χ4n) is 3.72. The predicted molar refractivity (Wildman–Crippen MR) is 142 cm³/mol. The molecule has 3 amide bonds. The Morgan fingerprint density at radius 2 is 1.66 bits per heavy atom. The van der Waals surface area contributed by atoms with Crippen molar-refractivity contribution in [3.05, 3.63) is 106 Å². The maximum atomic E-state index is 13.9. The zero-order chi connectivity index (χ0) is 26.8. The molecule has 190 valence electrons. The lowest BCUT2D eigenvalue weighted by Gasteiger charge is -2.10. The van der Waals surface area contributed by atoms with E-state index < -0.39 is 23.6 Å². The molecular formula is C26H16Cl2F2N6O2. The molecular weight excluding hydrogens is 537 g/mol. The Morgan fingerprint density at radius 3 is 2.42 bits per heavy atom. The number of urea groups is 1. The van der Waals surface area contributed by atoms with Crippen LogP contribution in [0.4, 0.5) is 30.8 Å². The number of carbonyl (C=O) groups is 2. The third kappa shape index (κ3) is 5.41. The highest BCUT2D eigenvalue weighted by Gasteiger charge is 2.15. The quantitative estimate of drug-likeness (QED) is 0.221. The van der Waals surface area contributed by atoms with Crippen molar-refractivity contribution in [2.45, 2.75) is 0 Å². The van der Waals surface area contributed by atoms with Gasteiger partial charge in [0.2, 0.25) is 0 Å². The first-order valence-corrected chi connectivity index (χ1v) is 11.8. The molecule has 0 spiro atoms. The highest BCUT2D eigenvalue weighted by molar-refractivity contribution is 6.35. The number of hydrogen-bond acceptors (Lipinski definition) is 4. The van der Waals surface area contributed by atoms with Crippen LogP contribution in [0.1, 0.15) is 10.4 Å². The van der Waals surface area contributed by atoms with E-state index in [4.69, 9.17) is 23.2 Å². The molecule has 0 aliphatic rings. The van der Waals surface area contributed by atoms with Gasteiger partial charge in [0.1, 0.15) is 11.6 Å². The van der Waals surface area contributed by atoms with Gasteiger partial charge >= 0.3 is 6.03 Å². The molecule has 3 N–H and O–H groups in total. The minimum Gasteiger partial charge on any atom is -0.308 e. The van der Waals surface area contributed by atoms with E-state index in [9.17, 15) is 18.4 Å². The van der Waals surface area contributed by atoms with Crippen molar-refractivity contribution >= 4 is 58.0 Å². The molecule has 0 atom stereocenters. The maximum Gasteiger partial charge on any atom is 0.323 e. The van der Waals surface area contributed by atoms with E-state index in [-0.39, 0.29) is 17.1 Å². The van der Waals surface area contributed by atoms with Gasteiger partial charge < -0.3 is 16.0 Å². The van der Waals surface area contributed by atoms with Gasteiger partial charge in [0.25, 0.3) is 5.91 Å². The number of imidazole rings is 1. The van der Waals surface area contributed by atoms with Gasteiger partial charge in [0, 0.05) is 45.3 Å². The van der Waals surface area contributed by atoms with E-state index in [1.165, 1.54) is 24.4 Å². The van der Waals surface area contributed by atoms with Crippen LogP contribution in [-0.2, 0) is 0 Å². The van der Waals surface area contributed by atoms with E-state index >= 15 is 0 Å². The molecule has 0 bridgehead atoms. The Kier molecular flexibility index (Phi) is 6.91. The Labute approximate surface area is 224 Å². The van der Waals surface area contributed by atoms with Crippen molar-refractivity contribution in [1.29, 1.82) is 0 Å². The van der Waals surface area contributed by atoms with E-state index in [2.05, 4.69) is 25.9 Å². The summed E-state index contributed by atoms with van der Waals surface area (Å²) in [5, 5.41) is 8.32. The van der Waals surface area contributed by atoms with Gasteiger partial charge in [-0.3, -0.25) is 9.20 Å². The highest BCUT2D eigenvalue weighted by Crippen LogP contribution is 2.27. The summed E-state index contributed by atoms with van der Waals surface area (Å²) >= 11 is 12.0. The number of nitrogens with zero attached hydrogens (tertiary/aromatic N) is 3. The van der Waals surface area contributed by atoms with Crippen molar-refractivity contribution in [2.24, 2.45) is 0 Å².